The highest BCUT2D eigenvalue weighted by molar-refractivity contribution is 7.89. The molecule has 0 saturated carbocycles. The third kappa shape index (κ3) is 3.72. The lowest BCUT2D eigenvalue weighted by molar-refractivity contribution is 0.390. The molecule has 0 aliphatic heterocycles. The number of pyridine rings is 1. The Morgan fingerprint density at radius 1 is 1.04 bits per heavy atom. The molecule has 3 rings (SSSR count). The maximum atomic E-state index is 12.6. The first-order valence-electron chi connectivity index (χ1n) is 7.59. The smallest absolute Gasteiger partial charge is 0.240 e. The fourth-order valence-corrected chi connectivity index (χ4v) is 3.52. The van der Waals surface area contributed by atoms with E-state index in [2.05, 4.69) is 9.71 Å². The molecular formula is C18H18N2O4S. The highest BCUT2D eigenvalue weighted by Crippen LogP contribution is 2.25. The first kappa shape index (κ1) is 17.2. The van der Waals surface area contributed by atoms with E-state index in [0.29, 0.717) is 17.1 Å². The minimum Gasteiger partial charge on any atom is -0.497 e. The third-order valence-corrected chi connectivity index (χ3v) is 5.23. The summed E-state index contributed by atoms with van der Waals surface area (Å²) in [5, 5.41) is 0.771. The topological polar surface area (TPSA) is 77.5 Å². The standard InChI is InChI=1S/C18H18N2O4S/c1-23-15-6-5-14(18(11-15)24-2)12-20-25(21,22)16-7-8-17-13(10-16)4-3-9-19-17/h3-11,20H,12H2,1-2H3. The Bertz CT molecular complexity index is 1000. The molecule has 0 saturated heterocycles. The summed E-state index contributed by atoms with van der Waals surface area (Å²) in [6, 6.07) is 13.7. The van der Waals surface area contributed by atoms with Crippen LogP contribution >= 0.6 is 0 Å². The molecule has 130 valence electrons. The van der Waals surface area contributed by atoms with Crippen LogP contribution in [0.3, 0.4) is 0 Å². The zero-order valence-electron chi connectivity index (χ0n) is 13.9. The van der Waals surface area contributed by atoms with Gasteiger partial charge < -0.3 is 9.47 Å². The van der Waals surface area contributed by atoms with Gasteiger partial charge >= 0.3 is 0 Å². The van der Waals surface area contributed by atoms with Crippen molar-refractivity contribution in [3.63, 3.8) is 0 Å². The van der Waals surface area contributed by atoms with Gasteiger partial charge in [-0.2, -0.15) is 0 Å². The van der Waals surface area contributed by atoms with Crippen LogP contribution in [0.2, 0.25) is 0 Å². The Kier molecular flexibility index (Phi) is 4.87. The van der Waals surface area contributed by atoms with Gasteiger partial charge in [0.05, 0.1) is 24.6 Å². The highest BCUT2D eigenvalue weighted by atomic mass is 32.2. The number of rotatable bonds is 6. The summed E-state index contributed by atoms with van der Waals surface area (Å²) in [7, 11) is -0.563. The van der Waals surface area contributed by atoms with E-state index < -0.39 is 10.0 Å². The second kappa shape index (κ2) is 7.08. The van der Waals surface area contributed by atoms with Crippen LogP contribution in [0.1, 0.15) is 5.56 Å². The zero-order valence-corrected chi connectivity index (χ0v) is 14.7. The minimum absolute atomic E-state index is 0.112. The minimum atomic E-state index is -3.66. The largest absolute Gasteiger partial charge is 0.497 e. The Morgan fingerprint density at radius 2 is 1.88 bits per heavy atom. The lowest BCUT2D eigenvalue weighted by atomic mass is 10.2. The van der Waals surface area contributed by atoms with E-state index in [1.54, 1.807) is 55.8 Å². The van der Waals surface area contributed by atoms with E-state index in [-0.39, 0.29) is 11.4 Å². The SMILES string of the molecule is COc1ccc(CNS(=O)(=O)c2ccc3ncccc3c2)c(OC)c1. The molecule has 25 heavy (non-hydrogen) atoms. The Morgan fingerprint density at radius 3 is 2.64 bits per heavy atom. The molecule has 0 unspecified atom stereocenters. The van der Waals surface area contributed by atoms with Crippen LogP contribution in [-0.2, 0) is 16.6 Å². The van der Waals surface area contributed by atoms with Gasteiger partial charge in [-0.1, -0.05) is 12.1 Å². The summed E-state index contributed by atoms with van der Waals surface area (Å²) in [5.74, 6) is 1.20. The average Bonchev–Trinajstić information content (AvgIpc) is 2.65. The van der Waals surface area contributed by atoms with Crippen LogP contribution in [-0.4, -0.2) is 27.6 Å². The second-order valence-electron chi connectivity index (χ2n) is 5.36. The summed E-state index contributed by atoms with van der Waals surface area (Å²) >= 11 is 0. The number of ether oxygens (including phenoxy) is 2. The molecular weight excluding hydrogens is 340 g/mol. The molecule has 0 amide bonds. The van der Waals surface area contributed by atoms with E-state index in [4.69, 9.17) is 9.47 Å². The van der Waals surface area contributed by atoms with Gasteiger partial charge in [0.2, 0.25) is 10.0 Å². The number of benzene rings is 2. The summed E-state index contributed by atoms with van der Waals surface area (Å²) in [6.07, 6.45) is 1.67. The summed E-state index contributed by atoms with van der Waals surface area (Å²) in [6.45, 7) is 0.112. The molecule has 1 aromatic heterocycles. The monoisotopic (exact) mass is 358 g/mol. The number of sulfonamides is 1. The van der Waals surface area contributed by atoms with Crippen molar-refractivity contribution in [1.82, 2.24) is 9.71 Å². The Hall–Kier alpha value is -2.64. The number of methoxy groups -OCH3 is 2. The van der Waals surface area contributed by atoms with E-state index in [0.717, 1.165) is 10.9 Å². The van der Waals surface area contributed by atoms with Crippen LogP contribution in [0.5, 0.6) is 11.5 Å². The first-order valence-corrected chi connectivity index (χ1v) is 9.07. The van der Waals surface area contributed by atoms with E-state index in [1.807, 2.05) is 6.07 Å². The molecule has 2 aromatic carbocycles. The predicted molar refractivity (Wildman–Crippen MR) is 95.3 cm³/mol. The van der Waals surface area contributed by atoms with Crippen LogP contribution in [0, 0.1) is 0 Å². The molecule has 0 bridgehead atoms. The molecule has 3 aromatic rings. The molecule has 0 fully saturated rings. The van der Waals surface area contributed by atoms with Gasteiger partial charge in [0, 0.05) is 29.8 Å². The van der Waals surface area contributed by atoms with Crippen molar-refractivity contribution in [2.24, 2.45) is 0 Å². The number of nitrogens with zero attached hydrogens (tertiary/aromatic N) is 1. The quantitative estimate of drug-likeness (QED) is 0.733. The fraction of sp³-hybridized carbons (Fsp3) is 0.167. The molecule has 1 N–H and O–H groups in total. The van der Waals surface area contributed by atoms with Crippen LogP contribution in [0.4, 0.5) is 0 Å². The molecule has 7 heteroatoms. The van der Waals surface area contributed by atoms with E-state index >= 15 is 0 Å². The van der Waals surface area contributed by atoms with Crippen molar-refractivity contribution in [2.45, 2.75) is 11.4 Å². The average molecular weight is 358 g/mol. The number of fused-ring (bicyclic) bond motifs is 1. The van der Waals surface area contributed by atoms with E-state index in [9.17, 15) is 8.42 Å². The van der Waals surface area contributed by atoms with Crippen molar-refractivity contribution in [1.29, 1.82) is 0 Å². The van der Waals surface area contributed by atoms with Crippen LogP contribution in [0.25, 0.3) is 10.9 Å². The lowest BCUT2D eigenvalue weighted by Crippen LogP contribution is -2.23. The molecule has 1 heterocycles. The molecule has 0 aliphatic rings. The van der Waals surface area contributed by atoms with Crippen molar-refractivity contribution < 1.29 is 17.9 Å². The van der Waals surface area contributed by atoms with Gasteiger partial charge in [0.15, 0.2) is 0 Å². The normalized spacial score (nSPS) is 11.4. The van der Waals surface area contributed by atoms with Gasteiger partial charge in [-0.3, -0.25) is 4.98 Å². The van der Waals surface area contributed by atoms with E-state index in [1.165, 1.54) is 7.11 Å². The summed E-state index contributed by atoms with van der Waals surface area (Å²) < 4.78 is 38.2. The molecule has 0 radical (unpaired) electrons. The molecule has 6 nitrogen and oxygen atoms in total. The molecule has 0 spiro atoms. The predicted octanol–water partition coefficient (Wildman–Crippen LogP) is 2.73. The first-order chi connectivity index (χ1) is 12.0. The highest BCUT2D eigenvalue weighted by Gasteiger charge is 2.16. The second-order valence-corrected chi connectivity index (χ2v) is 7.13. The number of nitrogens with one attached hydrogen (secondary N) is 1. The van der Waals surface area contributed by atoms with Gasteiger partial charge in [-0.25, -0.2) is 13.1 Å². The van der Waals surface area contributed by atoms with Gasteiger partial charge in [-0.05, 0) is 30.3 Å². The van der Waals surface area contributed by atoms with Gasteiger partial charge in [-0.15, -0.1) is 0 Å². The van der Waals surface area contributed by atoms with Crippen molar-refractivity contribution in [3.8, 4) is 11.5 Å². The maximum absolute atomic E-state index is 12.6. The zero-order chi connectivity index (χ0) is 17.9. The lowest BCUT2D eigenvalue weighted by Gasteiger charge is -2.12. The fourth-order valence-electron chi connectivity index (χ4n) is 2.47. The maximum Gasteiger partial charge on any atom is 0.240 e. The summed E-state index contributed by atoms with van der Waals surface area (Å²) in [5.41, 5.74) is 1.47. The molecule has 0 atom stereocenters. The molecule has 0 aliphatic carbocycles. The number of aromatic nitrogens is 1. The number of hydrogen-bond acceptors (Lipinski definition) is 5. The number of hydrogen-bond donors (Lipinski definition) is 1. The van der Waals surface area contributed by atoms with Crippen LogP contribution in [0.15, 0.2) is 59.6 Å². The van der Waals surface area contributed by atoms with Crippen molar-refractivity contribution in [3.05, 3.63) is 60.3 Å². The Labute approximate surface area is 146 Å². The summed E-state index contributed by atoms with van der Waals surface area (Å²) in [4.78, 5) is 4.39. The third-order valence-electron chi connectivity index (χ3n) is 3.83. The Balaban J connectivity index is 1.83. The van der Waals surface area contributed by atoms with Gasteiger partial charge in [0.25, 0.3) is 0 Å². The van der Waals surface area contributed by atoms with Crippen molar-refractivity contribution >= 4 is 20.9 Å². The van der Waals surface area contributed by atoms with Crippen LogP contribution < -0.4 is 14.2 Å². The van der Waals surface area contributed by atoms with Crippen molar-refractivity contribution in [2.75, 3.05) is 14.2 Å². The van der Waals surface area contributed by atoms with Gasteiger partial charge in [0.1, 0.15) is 11.5 Å².